The van der Waals surface area contributed by atoms with Crippen LogP contribution in [0.1, 0.15) is 19.3 Å². The number of aliphatic hydroxyl groups is 1. The lowest BCUT2D eigenvalue weighted by molar-refractivity contribution is -0.117. The van der Waals surface area contributed by atoms with Gasteiger partial charge in [0.25, 0.3) is 0 Å². The van der Waals surface area contributed by atoms with Crippen LogP contribution in [-0.2, 0) is 4.79 Å². The van der Waals surface area contributed by atoms with Gasteiger partial charge in [-0.25, -0.2) is 0 Å². The van der Waals surface area contributed by atoms with E-state index in [2.05, 4.69) is 10.2 Å². The third-order valence-corrected chi connectivity index (χ3v) is 4.10. The Morgan fingerprint density at radius 1 is 1.52 bits per heavy atom. The van der Waals surface area contributed by atoms with Gasteiger partial charge < -0.3 is 16.2 Å². The Bertz CT molecular complexity index is 494. The van der Waals surface area contributed by atoms with Crippen molar-refractivity contribution < 1.29 is 9.90 Å². The molecule has 1 heterocycles. The standard InChI is InChI=1S/C15H22ClN3O2/c16-13-4-3-12(17)8-14(13)18-15(21)10-19-6-1-2-11(9-19)5-7-20/h3-4,8,11,20H,1-2,5-7,9-10,17H2,(H,18,21). The predicted octanol–water partition coefficient (Wildman–Crippen LogP) is 1.96. The maximum atomic E-state index is 12.1. The molecule has 4 N–H and O–H groups in total. The van der Waals surface area contributed by atoms with Crippen molar-refractivity contribution in [1.82, 2.24) is 4.90 Å². The molecule has 0 bridgehead atoms. The monoisotopic (exact) mass is 311 g/mol. The van der Waals surface area contributed by atoms with Crippen LogP contribution >= 0.6 is 11.6 Å². The molecule has 6 heteroatoms. The number of nitrogen functional groups attached to an aromatic ring is 1. The molecule has 0 spiro atoms. The summed E-state index contributed by atoms with van der Waals surface area (Å²) in [6.07, 6.45) is 3.00. The summed E-state index contributed by atoms with van der Waals surface area (Å²) in [5.41, 5.74) is 6.81. The molecule has 2 rings (SSSR count). The Morgan fingerprint density at radius 2 is 2.33 bits per heavy atom. The molecule has 21 heavy (non-hydrogen) atoms. The number of benzene rings is 1. The SMILES string of the molecule is Nc1ccc(Cl)c(NC(=O)CN2CCCC(CCO)C2)c1. The van der Waals surface area contributed by atoms with E-state index in [-0.39, 0.29) is 12.5 Å². The van der Waals surface area contributed by atoms with E-state index in [9.17, 15) is 4.79 Å². The smallest absolute Gasteiger partial charge is 0.238 e. The number of nitrogens with zero attached hydrogens (tertiary/aromatic N) is 1. The molecule has 1 aliphatic rings. The van der Waals surface area contributed by atoms with Gasteiger partial charge in [0.1, 0.15) is 0 Å². The number of carbonyl (C=O) groups is 1. The third kappa shape index (κ3) is 4.88. The van der Waals surface area contributed by atoms with Crippen molar-refractivity contribution in [2.45, 2.75) is 19.3 Å². The molecular formula is C15H22ClN3O2. The molecule has 1 atom stereocenters. The quantitative estimate of drug-likeness (QED) is 0.726. The number of rotatable bonds is 5. The zero-order valence-electron chi connectivity index (χ0n) is 12.0. The van der Waals surface area contributed by atoms with Gasteiger partial charge in [0.2, 0.25) is 5.91 Å². The largest absolute Gasteiger partial charge is 0.399 e. The van der Waals surface area contributed by atoms with Gasteiger partial charge in [-0.2, -0.15) is 0 Å². The summed E-state index contributed by atoms with van der Waals surface area (Å²) in [5.74, 6) is 0.389. The van der Waals surface area contributed by atoms with Gasteiger partial charge in [-0.1, -0.05) is 11.6 Å². The van der Waals surface area contributed by atoms with Crippen molar-refractivity contribution in [3.05, 3.63) is 23.2 Å². The van der Waals surface area contributed by atoms with Crippen LogP contribution < -0.4 is 11.1 Å². The number of nitrogens with one attached hydrogen (secondary N) is 1. The van der Waals surface area contributed by atoms with Crippen LogP contribution in [0.15, 0.2) is 18.2 Å². The molecule has 0 aliphatic carbocycles. The first-order valence-corrected chi connectivity index (χ1v) is 7.64. The minimum absolute atomic E-state index is 0.0906. The summed E-state index contributed by atoms with van der Waals surface area (Å²) < 4.78 is 0. The normalized spacial score (nSPS) is 19.4. The van der Waals surface area contributed by atoms with Gasteiger partial charge >= 0.3 is 0 Å². The maximum absolute atomic E-state index is 12.1. The molecule has 1 aromatic carbocycles. The first-order chi connectivity index (χ1) is 10.1. The molecule has 116 valence electrons. The zero-order chi connectivity index (χ0) is 15.2. The Labute approximate surface area is 130 Å². The second-order valence-electron chi connectivity index (χ2n) is 5.54. The molecule has 5 nitrogen and oxygen atoms in total. The summed E-state index contributed by atoms with van der Waals surface area (Å²) in [4.78, 5) is 14.2. The molecule has 1 aliphatic heterocycles. The van der Waals surface area contributed by atoms with E-state index < -0.39 is 0 Å². The molecule has 0 radical (unpaired) electrons. The number of hydrogen-bond donors (Lipinski definition) is 3. The van der Waals surface area contributed by atoms with E-state index in [0.717, 1.165) is 32.4 Å². The molecule has 1 aromatic rings. The number of anilines is 2. The molecule has 0 saturated carbocycles. The predicted molar refractivity (Wildman–Crippen MR) is 85.4 cm³/mol. The van der Waals surface area contributed by atoms with Crippen molar-refractivity contribution in [3.63, 3.8) is 0 Å². The summed E-state index contributed by atoms with van der Waals surface area (Å²) >= 11 is 6.04. The molecule has 0 aromatic heterocycles. The highest BCUT2D eigenvalue weighted by molar-refractivity contribution is 6.33. The lowest BCUT2D eigenvalue weighted by Gasteiger charge is -2.31. The second kappa shape index (κ2) is 7.64. The van der Waals surface area contributed by atoms with E-state index in [4.69, 9.17) is 22.4 Å². The lowest BCUT2D eigenvalue weighted by Crippen LogP contribution is -2.40. The minimum atomic E-state index is -0.0906. The fourth-order valence-corrected chi connectivity index (χ4v) is 2.91. The van der Waals surface area contributed by atoms with Gasteiger partial charge in [-0.05, 0) is 49.9 Å². The van der Waals surface area contributed by atoms with Crippen LogP contribution in [0.5, 0.6) is 0 Å². The molecular weight excluding hydrogens is 290 g/mol. The third-order valence-electron chi connectivity index (χ3n) is 3.77. The maximum Gasteiger partial charge on any atom is 0.238 e. The zero-order valence-corrected chi connectivity index (χ0v) is 12.8. The first-order valence-electron chi connectivity index (χ1n) is 7.26. The second-order valence-corrected chi connectivity index (χ2v) is 5.95. The van der Waals surface area contributed by atoms with E-state index in [1.807, 2.05) is 0 Å². The van der Waals surface area contributed by atoms with E-state index in [1.165, 1.54) is 0 Å². The number of piperidine rings is 1. The van der Waals surface area contributed by atoms with Crippen molar-refractivity contribution in [2.24, 2.45) is 5.92 Å². The van der Waals surface area contributed by atoms with Gasteiger partial charge in [0.05, 0.1) is 17.3 Å². The van der Waals surface area contributed by atoms with E-state index in [1.54, 1.807) is 18.2 Å². The molecule has 1 unspecified atom stereocenters. The van der Waals surface area contributed by atoms with E-state index >= 15 is 0 Å². The Kier molecular flexibility index (Phi) is 5.85. The number of likely N-dealkylation sites (tertiary alicyclic amines) is 1. The fourth-order valence-electron chi connectivity index (χ4n) is 2.74. The van der Waals surface area contributed by atoms with Gasteiger partial charge in [-0.3, -0.25) is 9.69 Å². The summed E-state index contributed by atoms with van der Waals surface area (Å²) in [6.45, 7) is 2.33. The molecule has 1 saturated heterocycles. The average Bonchev–Trinajstić information content (AvgIpc) is 2.43. The van der Waals surface area contributed by atoms with Gasteiger partial charge in [0, 0.05) is 18.8 Å². The highest BCUT2D eigenvalue weighted by Gasteiger charge is 2.21. The van der Waals surface area contributed by atoms with Crippen LogP contribution in [0.2, 0.25) is 5.02 Å². The van der Waals surface area contributed by atoms with Crippen LogP contribution in [0.4, 0.5) is 11.4 Å². The number of carbonyl (C=O) groups excluding carboxylic acids is 1. The number of halogens is 1. The molecule has 1 amide bonds. The number of amides is 1. The fraction of sp³-hybridized carbons (Fsp3) is 0.533. The number of aliphatic hydroxyl groups excluding tert-OH is 1. The Hall–Kier alpha value is -1.30. The van der Waals surface area contributed by atoms with Crippen LogP contribution in [0, 0.1) is 5.92 Å². The van der Waals surface area contributed by atoms with Crippen molar-refractivity contribution in [1.29, 1.82) is 0 Å². The average molecular weight is 312 g/mol. The highest BCUT2D eigenvalue weighted by atomic mass is 35.5. The molecule has 1 fully saturated rings. The van der Waals surface area contributed by atoms with Crippen molar-refractivity contribution in [3.8, 4) is 0 Å². The topological polar surface area (TPSA) is 78.6 Å². The Balaban J connectivity index is 1.88. The first kappa shape index (κ1) is 16.1. The van der Waals surface area contributed by atoms with Gasteiger partial charge in [0.15, 0.2) is 0 Å². The minimum Gasteiger partial charge on any atom is -0.399 e. The van der Waals surface area contributed by atoms with Crippen molar-refractivity contribution >= 4 is 28.9 Å². The summed E-state index contributed by atoms with van der Waals surface area (Å²) in [7, 11) is 0. The lowest BCUT2D eigenvalue weighted by atomic mass is 9.95. The van der Waals surface area contributed by atoms with Crippen LogP contribution in [-0.4, -0.2) is 42.2 Å². The van der Waals surface area contributed by atoms with Crippen molar-refractivity contribution in [2.75, 3.05) is 37.3 Å². The van der Waals surface area contributed by atoms with Crippen LogP contribution in [0.25, 0.3) is 0 Å². The number of hydrogen-bond acceptors (Lipinski definition) is 4. The summed E-state index contributed by atoms with van der Waals surface area (Å²) in [5, 5.41) is 12.3. The number of nitrogens with two attached hydrogens (primary N) is 1. The Morgan fingerprint density at radius 3 is 3.10 bits per heavy atom. The highest BCUT2D eigenvalue weighted by Crippen LogP contribution is 2.24. The summed E-state index contributed by atoms with van der Waals surface area (Å²) in [6, 6.07) is 5.03. The van der Waals surface area contributed by atoms with Gasteiger partial charge in [-0.15, -0.1) is 0 Å². The van der Waals surface area contributed by atoms with E-state index in [0.29, 0.717) is 28.9 Å². The van der Waals surface area contributed by atoms with Crippen LogP contribution in [0.3, 0.4) is 0 Å².